The maximum absolute atomic E-state index is 11.8. The summed E-state index contributed by atoms with van der Waals surface area (Å²) in [6, 6.07) is 7.25. The van der Waals surface area contributed by atoms with Crippen molar-refractivity contribution in [1.29, 1.82) is 0 Å². The fourth-order valence-corrected chi connectivity index (χ4v) is 2.08. The van der Waals surface area contributed by atoms with E-state index < -0.39 is 12.1 Å². The topological polar surface area (TPSA) is 53.6 Å². The summed E-state index contributed by atoms with van der Waals surface area (Å²) < 4.78 is 20.2. The maximum atomic E-state index is 11.8. The Morgan fingerprint density at radius 3 is 2.50 bits per heavy atom. The lowest BCUT2D eigenvalue weighted by molar-refractivity contribution is -0.671. The molecule has 1 aromatic heterocycles. The van der Waals surface area contributed by atoms with Crippen LogP contribution in [0.15, 0.2) is 55.1 Å². The van der Waals surface area contributed by atoms with Gasteiger partial charge in [0.05, 0.1) is 14.2 Å². The number of imidazole rings is 1. The van der Waals surface area contributed by atoms with Crippen molar-refractivity contribution in [3.8, 4) is 11.5 Å². The van der Waals surface area contributed by atoms with E-state index in [0.717, 1.165) is 5.75 Å². The van der Waals surface area contributed by atoms with E-state index in [2.05, 4.69) is 6.58 Å². The molecule has 0 bridgehead atoms. The molecule has 0 radical (unpaired) electrons. The monoisotopic (exact) mass is 331 g/mol. The predicted octanol–water partition coefficient (Wildman–Crippen LogP) is 1.89. The lowest BCUT2D eigenvalue weighted by Crippen LogP contribution is -2.31. The number of hydrogen-bond donors (Lipinski definition) is 0. The van der Waals surface area contributed by atoms with Crippen LogP contribution in [0.25, 0.3) is 0 Å². The second kappa shape index (κ2) is 8.19. The summed E-state index contributed by atoms with van der Waals surface area (Å²) in [5.74, 6) is 1.02. The van der Waals surface area contributed by atoms with Crippen LogP contribution in [0.4, 0.5) is 0 Å². The first-order chi connectivity index (χ1) is 11.5. The number of aryl methyl sites for hydroxylation is 1. The molecule has 0 spiro atoms. The minimum Gasteiger partial charge on any atom is -0.497 e. The zero-order valence-corrected chi connectivity index (χ0v) is 14.3. The second-order valence-corrected chi connectivity index (χ2v) is 5.57. The third kappa shape index (κ3) is 5.15. The standard InChI is InChI=1S/C18H23N2O4/c1-14(2)18(21)24-17(11-20-10-9-19(3)13-20)12-23-16-7-5-15(22-4)6-8-16/h5-10,13,17H,1,11-12H2,2-4H3/q+1. The molecule has 0 fully saturated rings. The molecule has 1 atom stereocenters. The van der Waals surface area contributed by atoms with E-state index in [0.29, 0.717) is 17.9 Å². The van der Waals surface area contributed by atoms with Gasteiger partial charge in [-0.3, -0.25) is 0 Å². The van der Waals surface area contributed by atoms with E-state index in [1.54, 1.807) is 14.0 Å². The molecular formula is C18H23N2O4+. The molecule has 0 saturated carbocycles. The predicted molar refractivity (Wildman–Crippen MR) is 88.8 cm³/mol. The van der Waals surface area contributed by atoms with Gasteiger partial charge in [0.25, 0.3) is 0 Å². The Balaban J connectivity index is 2.00. The molecule has 2 aromatic rings. The number of carbonyl (C=O) groups excluding carboxylic acids is 1. The lowest BCUT2D eigenvalue weighted by atomic mass is 10.3. The second-order valence-electron chi connectivity index (χ2n) is 5.57. The fraction of sp³-hybridized carbons (Fsp3) is 0.333. The molecule has 0 amide bonds. The van der Waals surface area contributed by atoms with Crippen LogP contribution in [0.5, 0.6) is 11.5 Å². The molecule has 128 valence electrons. The molecule has 0 aliphatic carbocycles. The Labute approximate surface area is 141 Å². The lowest BCUT2D eigenvalue weighted by Gasteiger charge is -2.17. The molecule has 2 rings (SSSR count). The Morgan fingerprint density at radius 2 is 1.96 bits per heavy atom. The van der Waals surface area contributed by atoms with Gasteiger partial charge in [-0.1, -0.05) is 6.58 Å². The van der Waals surface area contributed by atoms with E-state index in [4.69, 9.17) is 14.2 Å². The van der Waals surface area contributed by atoms with Crippen LogP contribution in [0.2, 0.25) is 0 Å². The van der Waals surface area contributed by atoms with Gasteiger partial charge in [-0.05, 0) is 31.2 Å². The van der Waals surface area contributed by atoms with Gasteiger partial charge >= 0.3 is 5.97 Å². The molecule has 1 heterocycles. The molecule has 1 unspecified atom stereocenters. The van der Waals surface area contributed by atoms with Gasteiger partial charge in [-0.15, -0.1) is 0 Å². The molecule has 6 heteroatoms. The van der Waals surface area contributed by atoms with E-state index >= 15 is 0 Å². The molecule has 24 heavy (non-hydrogen) atoms. The zero-order chi connectivity index (χ0) is 17.5. The number of esters is 1. The van der Waals surface area contributed by atoms with Gasteiger partial charge in [-0.25, -0.2) is 13.9 Å². The molecule has 0 N–H and O–H groups in total. The van der Waals surface area contributed by atoms with E-state index in [1.165, 1.54) is 0 Å². The first-order valence-corrected chi connectivity index (χ1v) is 7.62. The summed E-state index contributed by atoms with van der Waals surface area (Å²) >= 11 is 0. The number of hydrogen-bond acceptors (Lipinski definition) is 4. The number of aromatic nitrogens is 2. The smallest absolute Gasteiger partial charge is 0.333 e. The van der Waals surface area contributed by atoms with Gasteiger partial charge in [-0.2, -0.15) is 0 Å². The number of nitrogens with zero attached hydrogens (tertiary/aromatic N) is 2. The third-order valence-electron chi connectivity index (χ3n) is 3.36. The first-order valence-electron chi connectivity index (χ1n) is 7.62. The normalized spacial score (nSPS) is 11.6. The third-order valence-corrected chi connectivity index (χ3v) is 3.36. The van der Waals surface area contributed by atoms with Gasteiger partial charge in [0.2, 0.25) is 6.33 Å². The average Bonchev–Trinajstić information content (AvgIpc) is 2.97. The van der Waals surface area contributed by atoms with E-state index in [1.807, 2.05) is 59.2 Å². The summed E-state index contributed by atoms with van der Waals surface area (Å²) in [7, 11) is 3.54. The molecule has 6 nitrogen and oxygen atoms in total. The van der Waals surface area contributed by atoms with Crippen LogP contribution in [0, 0.1) is 0 Å². The van der Waals surface area contributed by atoms with Crippen molar-refractivity contribution in [2.24, 2.45) is 7.05 Å². The van der Waals surface area contributed by atoms with Crippen LogP contribution >= 0.6 is 0 Å². The Hall–Kier alpha value is -2.76. The molecule has 1 aromatic carbocycles. The maximum Gasteiger partial charge on any atom is 0.333 e. The highest BCUT2D eigenvalue weighted by atomic mass is 16.6. The zero-order valence-electron chi connectivity index (χ0n) is 14.3. The van der Waals surface area contributed by atoms with Gasteiger partial charge in [0, 0.05) is 5.57 Å². The Kier molecular flexibility index (Phi) is 6.01. The van der Waals surface area contributed by atoms with Crippen LogP contribution in [-0.2, 0) is 23.1 Å². The number of rotatable bonds is 8. The van der Waals surface area contributed by atoms with Gasteiger partial charge < -0.3 is 14.2 Å². The summed E-state index contributed by atoms with van der Waals surface area (Å²) in [5.41, 5.74) is 0.363. The highest BCUT2D eigenvalue weighted by molar-refractivity contribution is 5.87. The van der Waals surface area contributed by atoms with Crippen LogP contribution in [-0.4, -0.2) is 30.4 Å². The van der Waals surface area contributed by atoms with Crippen molar-refractivity contribution in [3.63, 3.8) is 0 Å². The summed E-state index contributed by atoms with van der Waals surface area (Å²) in [6.45, 7) is 5.98. The van der Waals surface area contributed by atoms with Gasteiger partial charge in [0.1, 0.15) is 37.0 Å². The summed E-state index contributed by atoms with van der Waals surface area (Å²) in [5, 5.41) is 0. The SMILES string of the molecule is C=C(C)C(=O)OC(COc1ccc(OC)cc1)Cn1cc[n+](C)c1. The van der Waals surface area contributed by atoms with Crippen molar-refractivity contribution in [2.45, 2.75) is 19.6 Å². The Bertz CT molecular complexity index is 691. The molecular weight excluding hydrogens is 308 g/mol. The Morgan fingerprint density at radius 1 is 1.29 bits per heavy atom. The van der Waals surface area contributed by atoms with Crippen LogP contribution < -0.4 is 14.0 Å². The average molecular weight is 331 g/mol. The number of methoxy groups -OCH3 is 1. The first kappa shape index (κ1) is 17.6. The molecule has 0 aliphatic heterocycles. The highest BCUT2D eigenvalue weighted by Gasteiger charge is 2.19. The van der Waals surface area contributed by atoms with Crippen molar-refractivity contribution < 1.29 is 23.6 Å². The van der Waals surface area contributed by atoms with Gasteiger partial charge in [0.15, 0.2) is 6.10 Å². The van der Waals surface area contributed by atoms with Crippen molar-refractivity contribution in [3.05, 3.63) is 55.1 Å². The minimum atomic E-state index is -0.427. The van der Waals surface area contributed by atoms with Crippen LogP contribution in [0.1, 0.15) is 6.92 Å². The summed E-state index contributed by atoms with van der Waals surface area (Å²) in [4.78, 5) is 11.8. The largest absolute Gasteiger partial charge is 0.497 e. The van der Waals surface area contributed by atoms with E-state index in [9.17, 15) is 4.79 Å². The number of carbonyl (C=O) groups is 1. The quantitative estimate of drug-likeness (QED) is 0.421. The van der Waals surface area contributed by atoms with Crippen molar-refractivity contribution >= 4 is 5.97 Å². The highest BCUT2D eigenvalue weighted by Crippen LogP contribution is 2.17. The van der Waals surface area contributed by atoms with Crippen molar-refractivity contribution in [2.75, 3.05) is 13.7 Å². The fourth-order valence-electron chi connectivity index (χ4n) is 2.08. The van der Waals surface area contributed by atoms with E-state index in [-0.39, 0.29) is 6.61 Å². The number of benzene rings is 1. The summed E-state index contributed by atoms with van der Waals surface area (Å²) in [6.07, 6.45) is 5.31. The molecule has 0 aliphatic rings. The van der Waals surface area contributed by atoms with Crippen molar-refractivity contribution in [1.82, 2.24) is 4.57 Å². The number of ether oxygens (including phenoxy) is 3. The molecule has 0 saturated heterocycles. The minimum absolute atomic E-state index is 0.243. The van der Waals surface area contributed by atoms with Crippen LogP contribution in [0.3, 0.4) is 0 Å².